The van der Waals surface area contributed by atoms with Crippen molar-refractivity contribution in [3.05, 3.63) is 24.3 Å². The van der Waals surface area contributed by atoms with Crippen molar-refractivity contribution < 1.29 is 4.74 Å². The standard InChI is InChI=1S/C15H24N2O/c1-17(12-13-4-2-5-13)10-3-11-18-15-8-6-14(16)7-9-15/h6-9,13H,2-5,10-12,16H2,1H3. The molecule has 1 aromatic rings. The van der Waals surface area contributed by atoms with E-state index >= 15 is 0 Å². The highest BCUT2D eigenvalue weighted by Crippen LogP contribution is 2.26. The maximum Gasteiger partial charge on any atom is 0.119 e. The Labute approximate surface area is 110 Å². The molecule has 18 heavy (non-hydrogen) atoms. The third-order valence-corrected chi connectivity index (χ3v) is 3.63. The summed E-state index contributed by atoms with van der Waals surface area (Å²) in [4.78, 5) is 2.43. The number of nitrogens with two attached hydrogens (primary N) is 1. The van der Waals surface area contributed by atoms with Gasteiger partial charge in [0.15, 0.2) is 0 Å². The Morgan fingerprint density at radius 2 is 2.00 bits per heavy atom. The van der Waals surface area contributed by atoms with E-state index in [-0.39, 0.29) is 0 Å². The van der Waals surface area contributed by atoms with E-state index in [2.05, 4.69) is 11.9 Å². The van der Waals surface area contributed by atoms with Gasteiger partial charge in [-0.2, -0.15) is 0 Å². The molecule has 0 bridgehead atoms. The molecule has 0 atom stereocenters. The van der Waals surface area contributed by atoms with Gasteiger partial charge in [-0.3, -0.25) is 0 Å². The Kier molecular flexibility index (Phi) is 4.88. The number of nitrogens with zero attached hydrogens (tertiary/aromatic N) is 1. The lowest BCUT2D eigenvalue weighted by Crippen LogP contribution is -2.30. The molecule has 1 aromatic carbocycles. The summed E-state index contributed by atoms with van der Waals surface area (Å²) in [5.41, 5.74) is 6.40. The van der Waals surface area contributed by atoms with Crippen molar-refractivity contribution in [1.29, 1.82) is 0 Å². The lowest BCUT2D eigenvalue weighted by molar-refractivity contribution is 0.192. The third kappa shape index (κ3) is 4.22. The van der Waals surface area contributed by atoms with Gasteiger partial charge in [-0.1, -0.05) is 6.42 Å². The molecule has 1 aliphatic rings. The summed E-state index contributed by atoms with van der Waals surface area (Å²) >= 11 is 0. The molecule has 3 nitrogen and oxygen atoms in total. The summed E-state index contributed by atoms with van der Waals surface area (Å²) in [7, 11) is 2.21. The molecule has 0 aromatic heterocycles. The van der Waals surface area contributed by atoms with E-state index in [0.717, 1.165) is 36.9 Å². The minimum Gasteiger partial charge on any atom is -0.494 e. The Morgan fingerprint density at radius 3 is 2.61 bits per heavy atom. The zero-order valence-electron chi connectivity index (χ0n) is 11.3. The summed E-state index contributed by atoms with van der Waals surface area (Å²) in [6.07, 6.45) is 5.35. The van der Waals surface area contributed by atoms with Crippen LogP contribution < -0.4 is 10.5 Å². The quantitative estimate of drug-likeness (QED) is 0.595. The molecule has 0 heterocycles. The van der Waals surface area contributed by atoms with Crippen molar-refractivity contribution in [1.82, 2.24) is 4.90 Å². The Hall–Kier alpha value is -1.22. The van der Waals surface area contributed by atoms with Crippen molar-refractivity contribution in [2.45, 2.75) is 25.7 Å². The molecular weight excluding hydrogens is 224 g/mol. The fourth-order valence-electron chi connectivity index (χ4n) is 2.30. The summed E-state index contributed by atoms with van der Waals surface area (Å²) < 4.78 is 5.67. The lowest BCUT2D eigenvalue weighted by Gasteiger charge is -2.30. The molecule has 0 aliphatic heterocycles. The van der Waals surface area contributed by atoms with Crippen LogP contribution in [0.25, 0.3) is 0 Å². The third-order valence-electron chi connectivity index (χ3n) is 3.63. The molecule has 1 fully saturated rings. The average Bonchev–Trinajstić information content (AvgIpc) is 2.32. The van der Waals surface area contributed by atoms with Crippen molar-refractivity contribution in [2.24, 2.45) is 5.92 Å². The molecule has 0 saturated heterocycles. The fraction of sp³-hybridized carbons (Fsp3) is 0.600. The van der Waals surface area contributed by atoms with E-state index in [9.17, 15) is 0 Å². The van der Waals surface area contributed by atoms with E-state index in [1.54, 1.807) is 0 Å². The van der Waals surface area contributed by atoms with Crippen LogP contribution in [0.5, 0.6) is 5.75 Å². The number of hydrogen-bond donors (Lipinski definition) is 1. The Bertz CT molecular complexity index is 346. The van der Waals surface area contributed by atoms with Crippen LogP contribution >= 0.6 is 0 Å². The first-order valence-electron chi connectivity index (χ1n) is 6.91. The zero-order valence-corrected chi connectivity index (χ0v) is 11.3. The zero-order chi connectivity index (χ0) is 12.8. The molecule has 1 saturated carbocycles. The Balaban J connectivity index is 1.56. The highest BCUT2D eigenvalue weighted by atomic mass is 16.5. The second-order valence-corrected chi connectivity index (χ2v) is 5.33. The minimum atomic E-state index is 0.777. The average molecular weight is 248 g/mol. The van der Waals surface area contributed by atoms with Gasteiger partial charge in [-0.25, -0.2) is 0 Å². The molecule has 100 valence electrons. The molecule has 0 amide bonds. The molecule has 0 radical (unpaired) electrons. The molecule has 3 heteroatoms. The van der Waals surface area contributed by atoms with Gasteiger partial charge in [0, 0.05) is 18.8 Å². The van der Waals surface area contributed by atoms with Gasteiger partial charge in [-0.15, -0.1) is 0 Å². The molecular formula is C15H24N2O. The topological polar surface area (TPSA) is 38.5 Å². The number of ether oxygens (including phenoxy) is 1. The predicted molar refractivity (Wildman–Crippen MR) is 75.8 cm³/mol. The number of hydrogen-bond acceptors (Lipinski definition) is 3. The van der Waals surface area contributed by atoms with Crippen LogP contribution in [0.4, 0.5) is 5.69 Å². The van der Waals surface area contributed by atoms with Crippen LogP contribution in [0.3, 0.4) is 0 Å². The highest BCUT2D eigenvalue weighted by molar-refractivity contribution is 5.41. The van der Waals surface area contributed by atoms with Gasteiger partial charge in [-0.05, 0) is 56.5 Å². The summed E-state index contributed by atoms with van der Waals surface area (Å²) in [5, 5.41) is 0. The minimum absolute atomic E-state index is 0.777. The number of nitrogen functional groups attached to an aromatic ring is 1. The van der Waals surface area contributed by atoms with Gasteiger partial charge in [0.1, 0.15) is 5.75 Å². The van der Waals surface area contributed by atoms with E-state index in [4.69, 9.17) is 10.5 Å². The largest absolute Gasteiger partial charge is 0.494 e. The van der Waals surface area contributed by atoms with Gasteiger partial charge >= 0.3 is 0 Å². The maximum absolute atomic E-state index is 5.67. The first-order chi connectivity index (χ1) is 8.74. The van der Waals surface area contributed by atoms with Crippen molar-refractivity contribution in [3.63, 3.8) is 0 Å². The van der Waals surface area contributed by atoms with Crippen molar-refractivity contribution in [3.8, 4) is 5.75 Å². The van der Waals surface area contributed by atoms with Crippen LogP contribution in [0.2, 0.25) is 0 Å². The smallest absolute Gasteiger partial charge is 0.119 e. The van der Waals surface area contributed by atoms with Crippen molar-refractivity contribution in [2.75, 3.05) is 32.5 Å². The first-order valence-corrected chi connectivity index (χ1v) is 6.91. The van der Waals surface area contributed by atoms with E-state index in [0.29, 0.717) is 0 Å². The van der Waals surface area contributed by atoms with Gasteiger partial charge in [0.25, 0.3) is 0 Å². The van der Waals surface area contributed by atoms with E-state index < -0.39 is 0 Å². The summed E-state index contributed by atoms with van der Waals surface area (Å²) in [5.74, 6) is 1.86. The molecule has 2 N–H and O–H groups in total. The first kappa shape index (κ1) is 13.2. The maximum atomic E-state index is 5.67. The number of rotatable bonds is 7. The molecule has 2 rings (SSSR count). The molecule has 1 aliphatic carbocycles. The van der Waals surface area contributed by atoms with Crippen molar-refractivity contribution >= 4 is 5.69 Å². The van der Waals surface area contributed by atoms with Gasteiger partial charge in [0.2, 0.25) is 0 Å². The normalized spacial score (nSPS) is 15.7. The lowest BCUT2D eigenvalue weighted by atomic mass is 9.85. The molecule has 0 unspecified atom stereocenters. The van der Waals surface area contributed by atoms with Crippen LogP contribution in [0.15, 0.2) is 24.3 Å². The number of benzene rings is 1. The SMILES string of the molecule is CN(CCCOc1ccc(N)cc1)CC1CCC1. The number of anilines is 1. The van der Waals surface area contributed by atoms with Crippen LogP contribution in [-0.2, 0) is 0 Å². The Morgan fingerprint density at radius 1 is 1.28 bits per heavy atom. The van der Waals surface area contributed by atoms with Gasteiger partial charge < -0.3 is 15.4 Å². The second-order valence-electron chi connectivity index (χ2n) is 5.33. The molecule has 0 spiro atoms. The second kappa shape index (κ2) is 6.64. The van der Waals surface area contributed by atoms with Crippen LogP contribution in [0.1, 0.15) is 25.7 Å². The van der Waals surface area contributed by atoms with Crippen LogP contribution in [-0.4, -0.2) is 31.6 Å². The van der Waals surface area contributed by atoms with E-state index in [1.807, 2.05) is 24.3 Å². The summed E-state index contributed by atoms with van der Waals surface area (Å²) in [6.45, 7) is 3.15. The monoisotopic (exact) mass is 248 g/mol. The van der Waals surface area contributed by atoms with Gasteiger partial charge in [0.05, 0.1) is 6.61 Å². The predicted octanol–water partition coefficient (Wildman–Crippen LogP) is 2.77. The fourth-order valence-corrected chi connectivity index (χ4v) is 2.30. The summed E-state index contributed by atoms with van der Waals surface area (Å²) in [6, 6.07) is 7.59. The highest BCUT2D eigenvalue weighted by Gasteiger charge is 2.18. The van der Waals surface area contributed by atoms with E-state index in [1.165, 1.54) is 25.8 Å². The van der Waals surface area contributed by atoms with Crippen LogP contribution in [0, 0.1) is 5.92 Å².